The Labute approximate surface area is 83.0 Å². The van der Waals surface area contributed by atoms with Gasteiger partial charge >= 0.3 is 0 Å². The number of nitrogens with one attached hydrogen (secondary N) is 1. The Morgan fingerprint density at radius 2 is 2.27 bits per heavy atom. The van der Waals surface area contributed by atoms with Gasteiger partial charge in [0.25, 0.3) is 11.2 Å². The summed E-state index contributed by atoms with van der Waals surface area (Å²) in [6.45, 7) is 1.50. The third kappa shape index (κ3) is 1.54. The first-order valence-electron chi connectivity index (χ1n) is 4.09. The average molecular weight is 206 g/mol. The van der Waals surface area contributed by atoms with Gasteiger partial charge in [0.1, 0.15) is 11.2 Å². The van der Waals surface area contributed by atoms with Crippen molar-refractivity contribution < 1.29 is 4.92 Å². The number of rotatable bonds is 1. The van der Waals surface area contributed by atoms with Crippen molar-refractivity contribution in [2.75, 3.05) is 0 Å². The first kappa shape index (κ1) is 9.25. The van der Waals surface area contributed by atoms with Gasteiger partial charge in [0, 0.05) is 6.07 Å². The Morgan fingerprint density at radius 1 is 1.53 bits per heavy atom. The van der Waals surface area contributed by atoms with Crippen molar-refractivity contribution in [2.24, 2.45) is 0 Å². The van der Waals surface area contributed by atoms with Crippen LogP contribution in [0.25, 0.3) is 11.2 Å². The van der Waals surface area contributed by atoms with Gasteiger partial charge in [-0.25, -0.2) is 9.97 Å². The van der Waals surface area contributed by atoms with E-state index in [0.29, 0.717) is 5.52 Å². The lowest BCUT2D eigenvalue weighted by atomic mass is 10.3. The number of nitro groups is 1. The van der Waals surface area contributed by atoms with Crippen LogP contribution in [-0.2, 0) is 0 Å². The van der Waals surface area contributed by atoms with E-state index in [0.717, 1.165) is 6.20 Å². The number of aryl methyl sites for hydroxylation is 1. The molecule has 0 unspecified atom stereocenters. The summed E-state index contributed by atoms with van der Waals surface area (Å²) in [7, 11) is 0. The Hall–Kier alpha value is -2.31. The summed E-state index contributed by atoms with van der Waals surface area (Å²) in [5.74, 6) is 0. The van der Waals surface area contributed by atoms with Crippen LogP contribution in [0.1, 0.15) is 5.69 Å². The molecule has 0 radical (unpaired) electrons. The first-order chi connectivity index (χ1) is 7.08. The van der Waals surface area contributed by atoms with Gasteiger partial charge in [0.2, 0.25) is 0 Å². The zero-order valence-electron chi connectivity index (χ0n) is 7.72. The first-order valence-corrected chi connectivity index (χ1v) is 4.09. The van der Waals surface area contributed by atoms with E-state index in [9.17, 15) is 14.9 Å². The molecule has 0 saturated heterocycles. The number of nitrogens with zero attached hydrogens (tertiary/aromatic N) is 3. The van der Waals surface area contributed by atoms with Crippen molar-refractivity contribution >= 4 is 16.9 Å². The molecule has 2 aromatic rings. The molecule has 7 nitrogen and oxygen atoms in total. The monoisotopic (exact) mass is 206 g/mol. The number of hydrogen-bond donors (Lipinski definition) is 1. The van der Waals surface area contributed by atoms with Crippen molar-refractivity contribution in [2.45, 2.75) is 6.92 Å². The van der Waals surface area contributed by atoms with Crippen molar-refractivity contribution in [1.82, 2.24) is 15.0 Å². The number of pyridine rings is 1. The van der Waals surface area contributed by atoms with Crippen LogP contribution in [0.5, 0.6) is 0 Å². The van der Waals surface area contributed by atoms with E-state index in [1.165, 1.54) is 13.0 Å². The predicted molar refractivity (Wildman–Crippen MR) is 51.6 cm³/mol. The van der Waals surface area contributed by atoms with Gasteiger partial charge in [-0.1, -0.05) is 0 Å². The van der Waals surface area contributed by atoms with E-state index in [1.807, 2.05) is 0 Å². The third-order valence-electron chi connectivity index (χ3n) is 1.93. The molecule has 0 spiro atoms. The van der Waals surface area contributed by atoms with Crippen LogP contribution in [-0.4, -0.2) is 19.9 Å². The van der Waals surface area contributed by atoms with Crippen molar-refractivity contribution in [1.29, 1.82) is 0 Å². The highest BCUT2D eigenvalue weighted by Gasteiger charge is 2.13. The Balaban J connectivity index is 2.82. The van der Waals surface area contributed by atoms with Crippen molar-refractivity contribution in [3.63, 3.8) is 0 Å². The maximum atomic E-state index is 10.9. The molecular weight excluding hydrogens is 200 g/mol. The molecule has 1 N–H and O–H groups in total. The summed E-state index contributed by atoms with van der Waals surface area (Å²) >= 11 is 0. The minimum absolute atomic E-state index is 0.109. The summed E-state index contributed by atoms with van der Waals surface area (Å²) in [6, 6.07) is 1.29. The summed E-state index contributed by atoms with van der Waals surface area (Å²) in [5.41, 5.74) is 0.305. The van der Waals surface area contributed by atoms with Crippen molar-refractivity contribution in [3.8, 4) is 0 Å². The van der Waals surface area contributed by atoms with Gasteiger partial charge in [0.15, 0.2) is 5.65 Å². The lowest BCUT2D eigenvalue weighted by Gasteiger charge is -1.98. The lowest BCUT2D eigenvalue weighted by Crippen LogP contribution is -2.07. The molecule has 2 heterocycles. The molecule has 0 aliphatic rings. The molecule has 0 aliphatic carbocycles. The van der Waals surface area contributed by atoms with Gasteiger partial charge in [-0.3, -0.25) is 14.9 Å². The maximum Gasteiger partial charge on any atom is 0.292 e. The van der Waals surface area contributed by atoms with Gasteiger partial charge in [-0.2, -0.15) is 0 Å². The Morgan fingerprint density at radius 3 is 2.93 bits per heavy atom. The molecule has 15 heavy (non-hydrogen) atoms. The minimum atomic E-state index is -0.533. The van der Waals surface area contributed by atoms with Gasteiger partial charge in [-0.15, -0.1) is 0 Å². The second-order valence-corrected chi connectivity index (χ2v) is 2.97. The van der Waals surface area contributed by atoms with Crippen LogP contribution < -0.4 is 5.56 Å². The van der Waals surface area contributed by atoms with Gasteiger partial charge < -0.3 is 4.98 Å². The van der Waals surface area contributed by atoms with E-state index in [1.54, 1.807) is 0 Å². The number of hydrogen-bond acceptors (Lipinski definition) is 5. The van der Waals surface area contributed by atoms with E-state index in [2.05, 4.69) is 15.0 Å². The number of aromatic nitrogens is 3. The second-order valence-electron chi connectivity index (χ2n) is 2.97. The summed E-state index contributed by atoms with van der Waals surface area (Å²) in [5, 5.41) is 10.6. The SMILES string of the molecule is Cc1nc2[nH]c(=O)cnc2cc1[N+](=O)[O-]. The number of H-pyrrole nitrogens is 1. The van der Waals surface area contributed by atoms with E-state index in [4.69, 9.17) is 0 Å². The summed E-state index contributed by atoms with van der Waals surface area (Å²) in [4.78, 5) is 31.1. The Kier molecular flexibility index (Phi) is 1.93. The highest BCUT2D eigenvalue weighted by molar-refractivity contribution is 5.72. The van der Waals surface area contributed by atoms with Gasteiger partial charge in [0.05, 0.1) is 11.1 Å². The third-order valence-corrected chi connectivity index (χ3v) is 1.93. The fraction of sp³-hybridized carbons (Fsp3) is 0.125. The number of fused-ring (bicyclic) bond motifs is 1. The molecule has 0 aromatic carbocycles. The summed E-state index contributed by atoms with van der Waals surface area (Å²) in [6.07, 6.45) is 1.06. The maximum absolute atomic E-state index is 10.9. The van der Waals surface area contributed by atoms with E-state index < -0.39 is 4.92 Å². The molecule has 0 saturated carbocycles. The van der Waals surface area contributed by atoms with Crippen LogP contribution in [0, 0.1) is 17.0 Å². The Bertz CT molecular complexity index is 604. The quantitative estimate of drug-likeness (QED) is 0.541. The highest BCUT2D eigenvalue weighted by atomic mass is 16.6. The minimum Gasteiger partial charge on any atom is -0.304 e. The fourth-order valence-corrected chi connectivity index (χ4v) is 1.24. The van der Waals surface area contributed by atoms with Crippen LogP contribution in [0.4, 0.5) is 5.69 Å². The van der Waals surface area contributed by atoms with Crippen LogP contribution in [0.2, 0.25) is 0 Å². The average Bonchev–Trinajstić information content (AvgIpc) is 2.15. The molecule has 0 aliphatic heterocycles. The largest absolute Gasteiger partial charge is 0.304 e. The molecule has 0 amide bonds. The topological polar surface area (TPSA) is 102 Å². The second kappa shape index (κ2) is 3.12. The predicted octanol–water partition coefficient (Wildman–Crippen LogP) is 0.535. The number of aromatic amines is 1. The molecule has 0 atom stereocenters. The zero-order valence-corrected chi connectivity index (χ0v) is 7.72. The highest BCUT2D eigenvalue weighted by Crippen LogP contribution is 2.18. The van der Waals surface area contributed by atoms with E-state index in [-0.39, 0.29) is 22.6 Å². The fourth-order valence-electron chi connectivity index (χ4n) is 1.24. The van der Waals surface area contributed by atoms with Crippen LogP contribution in [0.3, 0.4) is 0 Å². The zero-order chi connectivity index (χ0) is 11.0. The molecule has 7 heteroatoms. The standard InChI is InChI=1S/C8H6N4O3/c1-4-6(12(14)15)2-5-8(10-4)11-7(13)3-9-5/h2-3H,1H3,(H,10,11,13). The van der Waals surface area contributed by atoms with Crippen LogP contribution in [0.15, 0.2) is 17.1 Å². The molecule has 2 rings (SSSR count). The molecule has 0 fully saturated rings. The normalized spacial score (nSPS) is 10.5. The molecule has 2 aromatic heterocycles. The summed E-state index contributed by atoms with van der Waals surface area (Å²) < 4.78 is 0. The molecular formula is C8H6N4O3. The van der Waals surface area contributed by atoms with E-state index >= 15 is 0 Å². The molecule has 76 valence electrons. The van der Waals surface area contributed by atoms with Crippen LogP contribution >= 0.6 is 0 Å². The smallest absolute Gasteiger partial charge is 0.292 e. The van der Waals surface area contributed by atoms with Gasteiger partial charge in [-0.05, 0) is 6.92 Å². The lowest BCUT2D eigenvalue weighted by molar-refractivity contribution is -0.385. The molecule has 0 bridgehead atoms. The van der Waals surface area contributed by atoms with Crippen molar-refractivity contribution in [3.05, 3.63) is 38.4 Å².